The monoisotopic (exact) mass is 415 g/mol. The van der Waals surface area contributed by atoms with Gasteiger partial charge in [0.05, 0.1) is 7.11 Å². The van der Waals surface area contributed by atoms with E-state index in [0.717, 1.165) is 17.7 Å². The molecule has 0 saturated heterocycles. The molecule has 3 aromatic rings. The lowest BCUT2D eigenvalue weighted by Crippen LogP contribution is -2.18. The Hall–Kier alpha value is -2.20. The number of nitrogens with one attached hydrogen (secondary N) is 1. The first-order chi connectivity index (χ1) is 13.6. The van der Waals surface area contributed by atoms with Gasteiger partial charge in [-0.05, 0) is 42.3 Å². The van der Waals surface area contributed by atoms with E-state index in [0.29, 0.717) is 28.2 Å². The molecule has 5 heteroatoms. The molecule has 0 saturated carbocycles. The number of hydrogen-bond acceptors (Lipinski definition) is 3. The summed E-state index contributed by atoms with van der Waals surface area (Å²) in [7, 11) is 1.64. The highest BCUT2D eigenvalue weighted by Crippen LogP contribution is 2.30. The Kier molecular flexibility index (Phi) is 7.21. The number of halogens is 2. The Bertz CT molecular complexity index is 916. The zero-order chi connectivity index (χ0) is 19.9. The van der Waals surface area contributed by atoms with Crippen LogP contribution in [0.1, 0.15) is 29.7 Å². The second-order valence-corrected chi connectivity index (χ2v) is 7.37. The van der Waals surface area contributed by atoms with Gasteiger partial charge in [0.15, 0.2) is 11.5 Å². The van der Waals surface area contributed by atoms with Gasteiger partial charge >= 0.3 is 0 Å². The molecule has 28 heavy (non-hydrogen) atoms. The van der Waals surface area contributed by atoms with Gasteiger partial charge < -0.3 is 14.8 Å². The van der Waals surface area contributed by atoms with Gasteiger partial charge in [0.25, 0.3) is 0 Å². The van der Waals surface area contributed by atoms with Crippen molar-refractivity contribution >= 4 is 23.2 Å². The van der Waals surface area contributed by atoms with Crippen molar-refractivity contribution in [3.8, 4) is 11.5 Å². The van der Waals surface area contributed by atoms with Crippen LogP contribution in [0, 0.1) is 0 Å². The molecule has 0 heterocycles. The molecule has 3 aromatic carbocycles. The Morgan fingerprint density at radius 2 is 1.71 bits per heavy atom. The van der Waals surface area contributed by atoms with Crippen LogP contribution in [0.15, 0.2) is 66.7 Å². The molecule has 0 aliphatic carbocycles. The van der Waals surface area contributed by atoms with Crippen molar-refractivity contribution in [1.82, 2.24) is 5.32 Å². The molecule has 3 rings (SSSR count). The van der Waals surface area contributed by atoms with Gasteiger partial charge in [-0.15, -0.1) is 0 Å². The first-order valence-electron chi connectivity index (χ1n) is 9.09. The van der Waals surface area contributed by atoms with Gasteiger partial charge in [-0.25, -0.2) is 0 Å². The van der Waals surface area contributed by atoms with Crippen LogP contribution in [0.2, 0.25) is 10.0 Å². The second kappa shape index (κ2) is 9.83. The summed E-state index contributed by atoms with van der Waals surface area (Å²) in [5, 5.41) is 4.72. The van der Waals surface area contributed by atoms with Crippen molar-refractivity contribution in [3.05, 3.63) is 93.5 Å². The second-order valence-electron chi connectivity index (χ2n) is 6.52. The van der Waals surface area contributed by atoms with E-state index < -0.39 is 0 Å². The minimum absolute atomic E-state index is 0.259. The molecule has 0 fully saturated rings. The fraction of sp³-hybridized carbons (Fsp3) is 0.217. The van der Waals surface area contributed by atoms with E-state index in [4.69, 9.17) is 32.7 Å². The molecule has 0 aromatic heterocycles. The number of hydrogen-bond donors (Lipinski definition) is 1. The van der Waals surface area contributed by atoms with E-state index >= 15 is 0 Å². The maximum Gasteiger partial charge on any atom is 0.161 e. The molecule has 0 radical (unpaired) electrons. The first-order valence-corrected chi connectivity index (χ1v) is 9.84. The molecular formula is C23H23Cl2NO2. The van der Waals surface area contributed by atoms with Crippen molar-refractivity contribution in [2.24, 2.45) is 0 Å². The highest BCUT2D eigenvalue weighted by atomic mass is 35.5. The summed E-state index contributed by atoms with van der Waals surface area (Å²) < 4.78 is 11.4. The van der Waals surface area contributed by atoms with Gasteiger partial charge in [-0.3, -0.25) is 0 Å². The van der Waals surface area contributed by atoms with E-state index in [1.165, 1.54) is 5.56 Å². The van der Waals surface area contributed by atoms with Crippen molar-refractivity contribution in [2.45, 2.75) is 26.1 Å². The van der Waals surface area contributed by atoms with Gasteiger partial charge in [-0.2, -0.15) is 0 Å². The van der Waals surface area contributed by atoms with E-state index in [9.17, 15) is 0 Å². The average Bonchev–Trinajstić information content (AvgIpc) is 2.72. The molecule has 1 atom stereocenters. The molecule has 146 valence electrons. The predicted octanol–water partition coefficient (Wildman–Crippen LogP) is 6.43. The molecule has 0 unspecified atom stereocenters. The molecule has 0 amide bonds. The van der Waals surface area contributed by atoms with Gasteiger partial charge in [0.2, 0.25) is 0 Å². The number of methoxy groups -OCH3 is 1. The smallest absolute Gasteiger partial charge is 0.161 e. The van der Waals surface area contributed by atoms with Crippen LogP contribution in [0.5, 0.6) is 11.5 Å². The Labute approximate surface area is 176 Å². The highest BCUT2D eigenvalue weighted by Gasteiger charge is 2.10. The number of rotatable bonds is 8. The van der Waals surface area contributed by atoms with E-state index in [-0.39, 0.29) is 6.04 Å². The minimum Gasteiger partial charge on any atom is -0.493 e. The van der Waals surface area contributed by atoms with Crippen molar-refractivity contribution in [1.29, 1.82) is 0 Å². The lowest BCUT2D eigenvalue weighted by Gasteiger charge is -2.16. The summed E-state index contributed by atoms with van der Waals surface area (Å²) in [6, 6.07) is 21.9. The number of benzene rings is 3. The summed E-state index contributed by atoms with van der Waals surface area (Å²) >= 11 is 12.2. The number of ether oxygens (including phenoxy) is 2. The van der Waals surface area contributed by atoms with Crippen molar-refractivity contribution in [3.63, 3.8) is 0 Å². The summed E-state index contributed by atoms with van der Waals surface area (Å²) in [6.45, 7) is 3.23. The van der Waals surface area contributed by atoms with E-state index in [1.54, 1.807) is 19.2 Å². The van der Waals surface area contributed by atoms with Crippen LogP contribution in [-0.2, 0) is 13.2 Å². The topological polar surface area (TPSA) is 30.5 Å². The van der Waals surface area contributed by atoms with E-state index in [2.05, 4.69) is 36.5 Å². The van der Waals surface area contributed by atoms with Crippen LogP contribution >= 0.6 is 23.2 Å². The lowest BCUT2D eigenvalue weighted by atomic mass is 10.1. The lowest BCUT2D eigenvalue weighted by molar-refractivity contribution is 0.284. The normalized spacial score (nSPS) is 11.9. The van der Waals surface area contributed by atoms with Crippen molar-refractivity contribution in [2.75, 3.05) is 7.11 Å². The Balaban J connectivity index is 1.63. The predicted molar refractivity (Wildman–Crippen MR) is 115 cm³/mol. The maximum atomic E-state index is 6.21. The molecule has 0 spiro atoms. The fourth-order valence-electron chi connectivity index (χ4n) is 2.87. The average molecular weight is 416 g/mol. The SMILES string of the molecule is COc1cc(CN[C@@H](C)c2ccccc2)ccc1OCc1ccc(Cl)cc1Cl. The molecule has 0 aliphatic heterocycles. The third-order valence-corrected chi connectivity index (χ3v) is 5.13. The molecule has 1 N–H and O–H groups in total. The summed E-state index contributed by atoms with van der Waals surface area (Å²) in [4.78, 5) is 0. The molecule has 0 bridgehead atoms. The van der Waals surface area contributed by atoms with Crippen LogP contribution in [0.25, 0.3) is 0 Å². The third-order valence-electron chi connectivity index (χ3n) is 4.54. The highest BCUT2D eigenvalue weighted by molar-refractivity contribution is 6.35. The van der Waals surface area contributed by atoms with Crippen LogP contribution in [0.4, 0.5) is 0 Å². The maximum absolute atomic E-state index is 6.21. The first kappa shape index (κ1) is 20.5. The van der Waals surface area contributed by atoms with Gasteiger partial charge in [0.1, 0.15) is 6.61 Å². The Morgan fingerprint density at radius 1 is 0.929 bits per heavy atom. The molecule has 0 aliphatic rings. The minimum atomic E-state index is 0.259. The van der Waals surface area contributed by atoms with Crippen LogP contribution in [-0.4, -0.2) is 7.11 Å². The Morgan fingerprint density at radius 3 is 2.43 bits per heavy atom. The van der Waals surface area contributed by atoms with Crippen LogP contribution < -0.4 is 14.8 Å². The summed E-state index contributed by atoms with van der Waals surface area (Å²) in [6.07, 6.45) is 0. The van der Waals surface area contributed by atoms with Crippen molar-refractivity contribution < 1.29 is 9.47 Å². The zero-order valence-corrected chi connectivity index (χ0v) is 17.4. The molecule has 3 nitrogen and oxygen atoms in total. The summed E-state index contributed by atoms with van der Waals surface area (Å²) in [5.74, 6) is 1.37. The largest absolute Gasteiger partial charge is 0.493 e. The van der Waals surface area contributed by atoms with E-state index in [1.807, 2.05) is 30.3 Å². The quantitative estimate of drug-likeness (QED) is 0.459. The molecular weight excluding hydrogens is 393 g/mol. The standard InChI is InChI=1S/C23H23Cl2NO2/c1-16(18-6-4-3-5-7-18)26-14-17-8-11-22(23(12-17)27-2)28-15-19-9-10-20(24)13-21(19)25/h3-13,16,26H,14-15H2,1-2H3/t16-/m0/s1. The van der Waals surface area contributed by atoms with Crippen LogP contribution in [0.3, 0.4) is 0 Å². The third kappa shape index (κ3) is 5.41. The van der Waals surface area contributed by atoms with Gasteiger partial charge in [-0.1, -0.05) is 65.7 Å². The zero-order valence-electron chi connectivity index (χ0n) is 15.9. The van der Waals surface area contributed by atoms with Gasteiger partial charge in [0, 0.05) is 28.2 Å². The summed E-state index contributed by atoms with van der Waals surface area (Å²) in [5.41, 5.74) is 3.25. The fourth-order valence-corrected chi connectivity index (χ4v) is 3.33.